The Bertz CT molecular complexity index is 1390. The van der Waals surface area contributed by atoms with Gasteiger partial charge in [0, 0.05) is 40.0 Å². The molecule has 0 saturated heterocycles. The van der Waals surface area contributed by atoms with Crippen molar-refractivity contribution in [2.24, 2.45) is 0 Å². The zero-order chi connectivity index (χ0) is 29.4. The van der Waals surface area contributed by atoms with Crippen molar-refractivity contribution < 1.29 is 43.3 Å². The number of unbranched alkanes of at least 4 members (excludes halogenated alkanes) is 1. The summed E-state index contributed by atoms with van der Waals surface area (Å²) in [6.45, 7) is 1.89. The number of carbonyl (C=O) groups is 3. The Kier molecular flexibility index (Phi) is 10.5. The number of carbonyl (C=O) groups excluding carboxylic acids is 3. The van der Waals surface area contributed by atoms with E-state index in [2.05, 4.69) is 10.6 Å². The first-order valence-electron chi connectivity index (χ1n) is 12.3. The zero-order valence-electron chi connectivity index (χ0n) is 21.5. The van der Waals surface area contributed by atoms with Crippen LogP contribution < -0.4 is 26.5 Å². The summed E-state index contributed by atoms with van der Waals surface area (Å²) in [6, 6.07) is 11.9. The lowest BCUT2D eigenvalue weighted by Crippen LogP contribution is -2.42. The molecular formula is C26H27B2F2N3O7. The molecule has 0 fully saturated rings. The number of nitrogens with zero attached hydrogens (tertiary/aromatic N) is 1. The maximum Gasteiger partial charge on any atom is 0.491 e. The van der Waals surface area contributed by atoms with Crippen LogP contribution in [0.5, 0.6) is 0 Å². The molecule has 0 heterocycles. The summed E-state index contributed by atoms with van der Waals surface area (Å²) in [5, 5.41) is 42.8. The highest BCUT2D eigenvalue weighted by Gasteiger charge is 2.25. The summed E-state index contributed by atoms with van der Waals surface area (Å²) in [5.41, 5.74) is -0.840. The fraction of sp³-hybridized carbons (Fsp3) is 0.192. The molecule has 3 rings (SSSR count). The molecule has 0 aliphatic heterocycles. The van der Waals surface area contributed by atoms with E-state index < -0.39 is 61.1 Å². The van der Waals surface area contributed by atoms with E-state index in [9.17, 15) is 43.3 Å². The van der Waals surface area contributed by atoms with Crippen molar-refractivity contribution in [3.8, 4) is 0 Å². The first-order valence-corrected chi connectivity index (χ1v) is 12.3. The van der Waals surface area contributed by atoms with Gasteiger partial charge in [-0.15, -0.1) is 0 Å². The van der Waals surface area contributed by atoms with Crippen LogP contribution in [0.25, 0.3) is 0 Å². The lowest BCUT2D eigenvalue weighted by molar-refractivity contribution is -0.119. The molecular weight excluding hydrogens is 526 g/mol. The Hall–Kier alpha value is -4.10. The first-order chi connectivity index (χ1) is 19.0. The molecule has 14 heteroatoms. The highest BCUT2D eigenvalue weighted by atomic mass is 19.1. The predicted molar refractivity (Wildman–Crippen MR) is 146 cm³/mol. The second-order valence-electron chi connectivity index (χ2n) is 8.82. The van der Waals surface area contributed by atoms with Crippen molar-refractivity contribution in [3.63, 3.8) is 0 Å². The highest BCUT2D eigenvalue weighted by molar-refractivity contribution is 6.59. The largest absolute Gasteiger partial charge is 0.491 e. The van der Waals surface area contributed by atoms with Gasteiger partial charge in [-0.05, 0) is 61.0 Å². The van der Waals surface area contributed by atoms with Gasteiger partial charge in [-0.3, -0.25) is 19.3 Å². The number of nitrogens with one attached hydrogen (secondary N) is 2. The lowest BCUT2D eigenvalue weighted by atomic mass is 9.79. The molecule has 0 unspecified atom stereocenters. The molecule has 3 aromatic carbocycles. The molecule has 3 amide bonds. The summed E-state index contributed by atoms with van der Waals surface area (Å²) in [5.74, 6) is -3.79. The van der Waals surface area contributed by atoms with Crippen LogP contribution in [0.4, 0.5) is 20.2 Å². The summed E-state index contributed by atoms with van der Waals surface area (Å²) in [4.78, 5) is 40.0. The summed E-state index contributed by atoms with van der Waals surface area (Å²) >= 11 is 0. The van der Waals surface area contributed by atoms with Crippen molar-refractivity contribution in [3.05, 3.63) is 83.4 Å². The average Bonchev–Trinajstić information content (AvgIpc) is 2.91. The maximum absolute atomic E-state index is 14.0. The van der Waals surface area contributed by atoms with Gasteiger partial charge in [0.05, 0.1) is 0 Å². The van der Waals surface area contributed by atoms with E-state index in [0.29, 0.717) is 6.54 Å². The van der Waals surface area contributed by atoms with E-state index in [1.165, 1.54) is 24.3 Å². The third kappa shape index (κ3) is 7.73. The van der Waals surface area contributed by atoms with Crippen LogP contribution in [-0.4, -0.2) is 65.1 Å². The average molecular weight is 553 g/mol. The predicted octanol–water partition coefficient (Wildman–Crippen LogP) is 0.140. The van der Waals surface area contributed by atoms with Crippen LogP contribution in [0.1, 0.15) is 40.5 Å². The van der Waals surface area contributed by atoms with Gasteiger partial charge in [0.25, 0.3) is 11.8 Å². The van der Waals surface area contributed by atoms with Crippen LogP contribution in [-0.2, 0) is 4.79 Å². The molecule has 0 saturated carbocycles. The number of amides is 3. The maximum atomic E-state index is 14.0. The quantitative estimate of drug-likeness (QED) is 0.146. The Morgan fingerprint density at radius 2 is 1.45 bits per heavy atom. The van der Waals surface area contributed by atoms with Crippen molar-refractivity contribution in [1.29, 1.82) is 0 Å². The third-order valence-electron chi connectivity index (χ3n) is 5.87. The second-order valence-corrected chi connectivity index (χ2v) is 8.82. The summed E-state index contributed by atoms with van der Waals surface area (Å²) < 4.78 is 27.8. The normalized spacial score (nSPS) is 10.6. The van der Waals surface area contributed by atoms with Gasteiger partial charge in [-0.2, -0.15) is 0 Å². The molecule has 0 spiro atoms. The van der Waals surface area contributed by atoms with Gasteiger partial charge in [-0.25, -0.2) is 8.78 Å². The Morgan fingerprint density at radius 1 is 0.850 bits per heavy atom. The van der Waals surface area contributed by atoms with Gasteiger partial charge in [0.1, 0.15) is 18.2 Å². The van der Waals surface area contributed by atoms with E-state index in [1.807, 2.05) is 6.92 Å². The fourth-order valence-corrected chi connectivity index (χ4v) is 3.75. The number of hydrogen-bond donors (Lipinski definition) is 6. The minimum atomic E-state index is -2.17. The SMILES string of the molecule is CCCCNC(=O)CN(C(=O)c1ccc(F)c(B(O)O)c1)c1cccc(NC(=O)c2ccc(F)c(B(O)O)c2)c1. The molecule has 0 aromatic heterocycles. The van der Waals surface area contributed by atoms with E-state index in [0.717, 1.165) is 54.1 Å². The molecule has 10 nitrogen and oxygen atoms in total. The zero-order valence-corrected chi connectivity index (χ0v) is 21.5. The molecule has 40 heavy (non-hydrogen) atoms. The van der Waals surface area contributed by atoms with E-state index in [1.54, 1.807) is 0 Å². The van der Waals surface area contributed by atoms with Crippen molar-refractivity contribution in [1.82, 2.24) is 5.32 Å². The number of hydrogen-bond acceptors (Lipinski definition) is 7. The molecule has 6 N–H and O–H groups in total. The molecule has 0 aliphatic carbocycles. The third-order valence-corrected chi connectivity index (χ3v) is 5.87. The van der Waals surface area contributed by atoms with Crippen LogP contribution in [0.15, 0.2) is 60.7 Å². The number of benzene rings is 3. The van der Waals surface area contributed by atoms with E-state index in [4.69, 9.17) is 0 Å². The molecule has 0 radical (unpaired) electrons. The van der Waals surface area contributed by atoms with Gasteiger partial charge in [0.15, 0.2) is 0 Å². The molecule has 3 aromatic rings. The molecule has 0 atom stereocenters. The van der Waals surface area contributed by atoms with Gasteiger partial charge in [0.2, 0.25) is 5.91 Å². The minimum Gasteiger partial charge on any atom is -0.423 e. The van der Waals surface area contributed by atoms with Gasteiger partial charge >= 0.3 is 14.2 Å². The standard InChI is InChI=1S/C26H27B2F2N3O7/c1-2-3-11-31-24(34)15-33(26(36)17-8-10-23(30)21(13-17)28(39)40)19-6-4-5-18(14-19)32-25(35)16-7-9-22(29)20(12-16)27(37)38/h4-10,12-14,37-40H,2-3,11,15H2,1H3,(H,31,34)(H,32,35). The van der Waals surface area contributed by atoms with Crippen molar-refractivity contribution >= 4 is 54.3 Å². The van der Waals surface area contributed by atoms with Crippen LogP contribution >= 0.6 is 0 Å². The fourth-order valence-electron chi connectivity index (χ4n) is 3.75. The monoisotopic (exact) mass is 553 g/mol. The van der Waals surface area contributed by atoms with Crippen molar-refractivity contribution in [2.75, 3.05) is 23.3 Å². The molecule has 0 aliphatic rings. The molecule has 0 bridgehead atoms. The van der Waals surface area contributed by atoms with Gasteiger partial charge < -0.3 is 30.7 Å². The smallest absolute Gasteiger partial charge is 0.423 e. The number of anilines is 2. The first kappa shape index (κ1) is 30.4. The highest BCUT2D eigenvalue weighted by Crippen LogP contribution is 2.22. The molecule has 208 valence electrons. The Balaban J connectivity index is 1.93. The number of rotatable bonds is 11. The van der Waals surface area contributed by atoms with E-state index >= 15 is 0 Å². The van der Waals surface area contributed by atoms with Crippen LogP contribution in [0, 0.1) is 11.6 Å². The van der Waals surface area contributed by atoms with Crippen LogP contribution in [0.2, 0.25) is 0 Å². The summed E-state index contributed by atoms with van der Waals surface area (Å²) in [7, 11) is -4.30. The van der Waals surface area contributed by atoms with Gasteiger partial charge in [-0.1, -0.05) is 19.4 Å². The van der Waals surface area contributed by atoms with E-state index in [-0.39, 0.29) is 22.5 Å². The van der Waals surface area contributed by atoms with Crippen molar-refractivity contribution in [2.45, 2.75) is 19.8 Å². The lowest BCUT2D eigenvalue weighted by Gasteiger charge is -2.23. The topological polar surface area (TPSA) is 159 Å². The minimum absolute atomic E-state index is 0.0699. The second kappa shape index (κ2) is 13.8. The number of halogens is 2. The summed E-state index contributed by atoms with van der Waals surface area (Å²) in [6.07, 6.45) is 1.55. The Morgan fingerprint density at radius 3 is 2.05 bits per heavy atom. The van der Waals surface area contributed by atoms with Crippen LogP contribution in [0.3, 0.4) is 0 Å². The Labute approximate surface area is 229 Å².